The van der Waals surface area contributed by atoms with E-state index in [1.54, 1.807) is 6.07 Å². The van der Waals surface area contributed by atoms with Gasteiger partial charge in [0, 0.05) is 29.7 Å². The molecule has 2 unspecified atom stereocenters. The van der Waals surface area contributed by atoms with Crippen LogP contribution in [0.5, 0.6) is 5.75 Å². The first kappa shape index (κ1) is 18.5. The molecule has 28 heavy (non-hydrogen) atoms. The second-order valence-corrected chi connectivity index (χ2v) is 6.82. The molecule has 2 atom stereocenters. The molecular formula is C21H23FN4O2. The molecule has 6 nitrogen and oxygen atoms in total. The Kier molecular flexibility index (Phi) is 5.02. The second kappa shape index (κ2) is 7.61. The van der Waals surface area contributed by atoms with Gasteiger partial charge in [-0.1, -0.05) is 18.2 Å². The van der Waals surface area contributed by atoms with Crippen molar-refractivity contribution >= 4 is 16.8 Å². The summed E-state index contributed by atoms with van der Waals surface area (Å²) >= 11 is 0. The highest BCUT2D eigenvalue weighted by Gasteiger charge is 2.29. The Balaban J connectivity index is 1.47. The third-order valence-electron chi connectivity index (χ3n) is 5.14. The number of methoxy groups -OCH3 is 1. The lowest BCUT2D eigenvalue weighted by molar-refractivity contribution is 0.0931. The van der Waals surface area contributed by atoms with Crippen LogP contribution >= 0.6 is 0 Å². The van der Waals surface area contributed by atoms with Gasteiger partial charge < -0.3 is 14.6 Å². The van der Waals surface area contributed by atoms with Crippen molar-refractivity contribution in [3.8, 4) is 5.75 Å². The average Bonchev–Trinajstić information content (AvgIpc) is 3.31. The molecule has 3 N–H and O–H groups in total. The van der Waals surface area contributed by atoms with Crippen LogP contribution in [0.4, 0.5) is 4.39 Å². The van der Waals surface area contributed by atoms with Gasteiger partial charge in [0.2, 0.25) is 0 Å². The van der Waals surface area contributed by atoms with Crippen LogP contribution in [0.25, 0.3) is 10.9 Å². The van der Waals surface area contributed by atoms with E-state index in [-0.39, 0.29) is 29.4 Å². The van der Waals surface area contributed by atoms with E-state index in [4.69, 9.17) is 4.74 Å². The lowest BCUT2D eigenvalue weighted by Crippen LogP contribution is -2.44. The van der Waals surface area contributed by atoms with E-state index < -0.39 is 5.82 Å². The van der Waals surface area contributed by atoms with E-state index in [1.165, 1.54) is 35.8 Å². The third kappa shape index (κ3) is 3.34. The molecule has 0 spiro atoms. The summed E-state index contributed by atoms with van der Waals surface area (Å²) in [5.74, 6) is -0.778. The minimum absolute atomic E-state index is 0.0604. The molecule has 1 fully saturated rings. The van der Waals surface area contributed by atoms with E-state index in [9.17, 15) is 9.18 Å². The summed E-state index contributed by atoms with van der Waals surface area (Å²) in [5, 5.41) is 4.10. The van der Waals surface area contributed by atoms with Crippen LogP contribution in [0, 0.1) is 5.82 Å². The Labute approximate surface area is 162 Å². The number of para-hydroxylation sites is 1. The topological polar surface area (TPSA) is 67.3 Å². The van der Waals surface area contributed by atoms with E-state index in [0.717, 1.165) is 6.54 Å². The highest BCUT2D eigenvalue weighted by molar-refractivity contribution is 5.94. The van der Waals surface area contributed by atoms with Gasteiger partial charge in [-0.25, -0.2) is 15.2 Å². The van der Waals surface area contributed by atoms with Gasteiger partial charge in [-0.05, 0) is 42.6 Å². The number of amides is 1. The summed E-state index contributed by atoms with van der Waals surface area (Å²) in [5.41, 5.74) is 9.01. The zero-order valence-corrected chi connectivity index (χ0v) is 15.8. The fraction of sp³-hybridized carbons (Fsp3) is 0.286. The van der Waals surface area contributed by atoms with Crippen LogP contribution in [-0.2, 0) is 6.54 Å². The molecule has 0 radical (unpaired) electrons. The van der Waals surface area contributed by atoms with Crippen molar-refractivity contribution in [3.05, 3.63) is 65.6 Å². The first-order chi connectivity index (χ1) is 13.6. The van der Waals surface area contributed by atoms with Gasteiger partial charge in [-0.2, -0.15) is 0 Å². The van der Waals surface area contributed by atoms with E-state index in [2.05, 4.69) is 45.9 Å². The predicted molar refractivity (Wildman–Crippen MR) is 105 cm³/mol. The fourth-order valence-corrected chi connectivity index (χ4v) is 3.77. The molecule has 0 saturated carbocycles. The largest absolute Gasteiger partial charge is 0.494 e. The molecule has 1 aliphatic heterocycles. The normalized spacial score (nSPS) is 19.1. The van der Waals surface area contributed by atoms with Crippen LogP contribution in [0.2, 0.25) is 0 Å². The first-order valence-corrected chi connectivity index (χ1v) is 9.34. The molecule has 1 amide bonds. The molecule has 1 saturated heterocycles. The maximum atomic E-state index is 13.9. The van der Waals surface area contributed by atoms with Crippen LogP contribution < -0.4 is 20.9 Å². The van der Waals surface area contributed by atoms with Gasteiger partial charge >= 0.3 is 0 Å². The number of aromatic nitrogens is 1. The highest BCUT2D eigenvalue weighted by atomic mass is 19.1. The number of nitrogens with one attached hydrogen (secondary N) is 3. The summed E-state index contributed by atoms with van der Waals surface area (Å²) < 4.78 is 21.0. The molecular weight excluding hydrogens is 359 g/mol. The monoisotopic (exact) mass is 382 g/mol. The van der Waals surface area contributed by atoms with Crippen molar-refractivity contribution in [1.29, 1.82) is 0 Å². The number of benzene rings is 2. The Hall–Kier alpha value is -2.90. The smallest absolute Gasteiger partial charge is 0.252 e. The number of hydrogen-bond acceptors (Lipinski definition) is 4. The van der Waals surface area contributed by atoms with E-state index in [0.29, 0.717) is 6.42 Å². The zero-order chi connectivity index (χ0) is 19.7. The summed E-state index contributed by atoms with van der Waals surface area (Å²) in [6, 6.07) is 14.7. The number of fused-ring (bicyclic) bond motifs is 1. The maximum Gasteiger partial charge on any atom is 0.252 e. The minimum Gasteiger partial charge on any atom is -0.494 e. The number of ether oxygens (including phenoxy) is 1. The van der Waals surface area contributed by atoms with E-state index in [1.807, 2.05) is 12.1 Å². The van der Waals surface area contributed by atoms with Crippen LogP contribution in [0.1, 0.15) is 35.4 Å². The van der Waals surface area contributed by atoms with Gasteiger partial charge in [0.1, 0.15) is 0 Å². The summed E-state index contributed by atoms with van der Waals surface area (Å²) in [7, 11) is 1.39. The number of hydrogen-bond donors (Lipinski definition) is 3. The second-order valence-electron chi connectivity index (χ2n) is 6.82. The molecule has 3 aromatic rings. The highest BCUT2D eigenvalue weighted by Crippen LogP contribution is 2.28. The van der Waals surface area contributed by atoms with Gasteiger partial charge in [-0.15, -0.1) is 0 Å². The Morgan fingerprint density at radius 1 is 1.25 bits per heavy atom. The number of carbonyl (C=O) groups is 1. The van der Waals surface area contributed by atoms with Crippen molar-refractivity contribution in [2.75, 3.05) is 7.11 Å². The third-order valence-corrected chi connectivity index (χ3v) is 5.14. The van der Waals surface area contributed by atoms with Crippen molar-refractivity contribution in [3.63, 3.8) is 0 Å². The molecule has 1 aliphatic rings. The Morgan fingerprint density at radius 3 is 2.82 bits per heavy atom. The van der Waals surface area contributed by atoms with Crippen molar-refractivity contribution in [2.45, 2.75) is 32.1 Å². The fourth-order valence-electron chi connectivity index (χ4n) is 3.77. The van der Waals surface area contributed by atoms with Crippen molar-refractivity contribution in [2.24, 2.45) is 0 Å². The van der Waals surface area contributed by atoms with Crippen LogP contribution in [0.15, 0.2) is 48.5 Å². The molecule has 0 aliphatic carbocycles. The molecule has 2 aromatic carbocycles. The summed E-state index contributed by atoms with van der Waals surface area (Å²) in [6.45, 7) is 2.99. The lowest BCUT2D eigenvalue weighted by atomic mass is 10.1. The zero-order valence-electron chi connectivity index (χ0n) is 15.8. The maximum absolute atomic E-state index is 13.9. The van der Waals surface area contributed by atoms with Gasteiger partial charge in [0.25, 0.3) is 5.91 Å². The predicted octanol–water partition coefficient (Wildman–Crippen LogP) is 3.10. The molecule has 7 heteroatoms. The molecule has 2 heterocycles. The van der Waals surface area contributed by atoms with Crippen LogP contribution in [-0.4, -0.2) is 23.7 Å². The number of aryl methyl sites for hydroxylation is 1. The minimum atomic E-state index is -0.557. The molecule has 146 valence electrons. The Morgan fingerprint density at radius 2 is 2.07 bits per heavy atom. The SMILES string of the molecule is CCn1c(C2CC(NC(=O)c3ccc(OC)c(F)c3)NN2)cc2ccccc21. The van der Waals surface area contributed by atoms with E-state index >= 15 is 0 Å². The standard InChI is InChI=1S/C21H23FN4O2/c1-3-26-17-7-5-4-6-13(17)11-18(26)16-12-20(25-24-16)23-21(27)14-8-9-19(28-2)15(22)10-14/h4-11,16,20,24-25H,3,12H2,1-2H3,(H,23,27). The number of hydrazine groups is 1. The van der Waals surface area contributed by atoms with Gasteiger partial charge in [0.05, 0.1) is 19.3 Å². The number of nitrogens with zero attached hydrogens (tertiary/aromatic N) is 1. The first-order valence-electron chi connectivity index (χ1n) is 9.34. The average molecular weight is 382 g/mol. The lowest BCUT2D eigenvalue weighted by Gasteiger charge is -2.14. The van der Waals surface area contributed by atoms with Crippen LogP contribution in [0.3, 0.4) is 0 Å². The Bertz CT molecular complexity index is 1020. The van der Waals surface area contributed by atoms with Crippen molar-refractivity contribution in [1.82, 2.24) is 20.7 Å². The molecule has 1 aromatic heterocycles. The molecule has 4 rings (SSSR count). The number of halogens is 1. The van der Waals surface area contributed by atoms with Gasteiger partial charge in [-0.3, -0.25) is 4.79 Å². The molecule has 0 bridgehead atoms. The summed E-state index contributed by atoms with van der Waals surface area (Å²) in [6.07, 6.45) is 0.423. The number of rotatable bonds is 5. The van der Waals surface area contributed by atoms with Gasteiger partial charge in [0.15, 0.2) is 11.6 Å². The summed E-state index contributed by atoms with van der Waals surface area (Å²) in [4.78, 5) is 12.5. The number of carbonyl (C=O) groups excluding carboxylic acids is 1. The van der Waals surface area contributed by atoms with Crippen molar-refractivity contribution < 1.29 is 13.9 Å². The quantitative estimate of drug-likeness (QED) is 0.634.